The molecule has 0 saturated carbocycles. The van der Waals surface area contributed by atoms with Gasteiger partial charge in [-0.2, -0.15) is 0 Å². The number of aromatic carboxylic acids is 1. The lowest BCUT2D eigenvalue weighted by atomic mass is 10.2. The molecule has 0 saturated heterocycles. The Labute approximate surface area is 115 Å². The number of hydrogen-bond donors (Lipinski definition) is 2. The summed E-state index contributed by atoms with van der Waals surface area (Å²) in [6, 6.07) is 11.5. The topological polar surface area (TPSA) is 79.1 Å². The molecule has 5 heteroatoms. The summed E-state index contributed by atoms with van der Waals surface area (Å²) in [6.45, 7) is 0. The maximum atomic E-state index is 10.8. The van der Waals surface area contributed by atoms with Crippen LogP contribution in [-0.4, -0.2) is 29.5 Å². The average molecular weight is 271 g/mol. The minimum Gasteiger partial charge on any atom is -0.507 e. The lowest BCUT2D eigenvalue weighted by Crippen LogP contribution is -1.95. The molecule has 0 atom stereocenters. The molecule has 0 heterocycles. The van der Waals surface area contributed by atoms with Gasteiger partial charge in [0.25, 0.3) is 0 Å². The van der Waals surface area contributed by atoms with Crippen molar-refractivity contribution in [1.29, 1.82) is 0 Å². The summed E-state index contributed by atoms with van der Waals surface area (Å²) in [5, 5.41) is 18.4. The highest BCUT2D eigenvalue weighted by molar-refractivity contribution is 5.91. The number of hydrogen-bond acceptors (Lipinski definition) is 4. The number of phenols is 1. The molecule has 0 aliphatic rings. The molecule has 2 N–H and O–H groups in total. The third kappa shape index (κ3) is 3.14. The van der Waals surface area contributed by atoms with Crippen LogP contribution in [0.3, 0.4) is 0 Å². The largest absolute Gasteiger partial charge is 0.507 e. The van der Waals surface area contributed by atoms with Crippen LogP contribution in [0.2, 0.25) is 0 Å². The van der Waals surface area contributed by atoms with Crippen LogP contribution in [0.15, 0.2) is 47.5 Å². The highest BCUT2D eigenvalue weighted by Gasteiger charge is 2.08. The maximum absolute atomic E-state index is 10.8. The molecule has 0 aliphatic heterocycles. The molecule has 0 aromatic heterocycles. The highest BCUT2D eigenvalue weighted by atomic mass is 16.5. The quantitative estimate of drug-likeness (QED) is 0.838. The lowest BCUT2D eigenvalue weighted by Gasteiger charge is -2.01. The summed E-state index contributed by atoms with van der Waals surface area (Å²) in [6.07, 6.45) is 1.62. The molecular weight excluding hydrogens is 258 g/mol. The minimum atomic E-state index is -1.17. The van der Waals surface area contributed by atoms with Crippen LogP contribution in [0.1, 0.15) is 15.9 Å². The van der Waals surface area contributed by atoms with Crippen LogP contribution < -0.4 is 4.74 Å². The highest BCUT2D eigenvalue weighted by Crippen LogP contribution is 2.24. The van der Waals surface area contributed by atoms with Crippen LogP contribution >= 0.6 is 0 Å². The van der Waals surface area contributed by atoms with Gasteiger partial charge in [-0.05, 0) is 42.0 Å². The van der Waals surface area contributed by atoms with Crippen LogP contribution in [0.25, 0.3) is 0 Å². The number of rotatable bonds is 4. The molecule has 2 aromatic rings. The maximum Gasteiger partial charge on any atom is 0.339 e. The molecule has 0 fully saturated rings. The predicted molar refractivity (Wildman–Crippen MR) is 75.3 cm³/mol. The Balaban J connectivity index is 2.18. The number of aliphatic imine (C=N–C) groups is 1. The standard InChI is InChI=1S/C15H13NO4/c1-20-12-5-2-10(3-6-12)9-16-11-4-7-13(15(18)19)14(17)8-11/h2-9,17H,1H3,(H,18,19). The van der Waals surface area contributed by atoms with Crippen LogP contribution in [0, 0.1) is 0 Å². The Kier molecular flexibility index (Phi) is 4.00. The van der Waals surface area contributed by atoms with Crippen molar-refractivity contribution in [2.45, 2.75) is 0 Å². The summed E-state index contributed by atoms with van der Waals surface area (Å²) < 4.78 is 5.05. The van der Waals surface area contributed by atoms with Crippen molar-refractivity contribution in [2.24, 2.45) is 4.99 Å². The Morgan fingerprint density at radius 2 is 1.90 bits per heavy atom. The second-order valence-corrected chi connectivity index (χ2v) is 4.04. The van der Waals surface area contributed by atoms with Crippen LogP contribution in [0.5, 0.6) is 11.5 Å². The summed E-state index contributed by atoms with van der Waals surface area (Å²) >= 11 is 0. The summed E-state index contributed by atoms with van der Waals surface area (Å²) in [5.41, 5.74) is 1.20. The van der Waals surface area contributed by atoms with Gasteiger partial charge in [-0.25, -0.2) is 4.79 Å². The van der Waals surface area contributed by atoms with E-state index in [1.165, 1.54) is 18.2 Å². The fraction of sp³-hybridized carbons (Fsp3) is 0.0667. The molecule has 0 aliphatic carbocycles. The van der Waals surface area contributed by atoms with E-state index >= 15 is 0 Å². The number of carboxylic acids is 1. The number of carbonyl (C=O) groups is 1. The van der Waals surface area contributed by atoms with Gasteiger partial charge in [-0.3, -0.25) is 4.99 Å². The Hall–Kier alpha value is -2.82. The van der Waals surface area contributed by atoms with E-state index in [1.54, 1.807) is 13.3 Å². The van der Waals surface area contributed by atoms with Gasteiger partial charge in [0.1, 0.15) is 17.1 Å². The number of nitrogens with zero attached hydrogens (tertiary/aromatic N) is 1. The summed E-state index contributed by atoms with van der Waals surface area (Å²) in [7, 11) is 1.59. The van der Waals surface area contributed by atoms with Gasteiger partial charge in [-0.15, -0.1) is 0 Å². The molecule has 0 radical (unpaired) electrons. The monoisotopic (exact) mass is 271 g/mol. The zero-order chi connectivity index (χ0) is 14.5. The van der Waals surface area contributed by atoms with Gasteiger partial charge in [-0.1, -0.05) is 0 Å². The molecule has 2 rings (SSSR count). The smallest absolute Gasteiger partial charge is 0.339 e. The van der Waals surface area contributed by atoms with Crippen molar-refractivity contribution in [3.8, 4) is 11.5 Å². The summed E-state index contributed by atoms with van der Waals surface area (Å²) in [4.78, 5) is 14.9. The van der Waals surface area contributed by atoms with E-state index in [0.29, 0.717) is 5.69 Å². The van der Waals surface area contributed by atoms with Crippen LogP contribution in [0.4, 0.5) is 5.69 Å². The zero-order valence-corrected chi connectivity index (χ0v) is 10.8. The Bertz CT molecular complexity index is 647. The van der Waals surface area contributed by atoms with E-state index in [1.807, 2.05) is 24.3 Å². The van der Waals surface area contributed by atoms with E-state index in [0.717, 1.165) is 11.3 Å². The average Bonchev–Trinajstić information content (AvgIpc) is 2.45. The molecule has 0 bridgehead atoms. The van der Waals surface area contributed by atoms with Gasteiger partial charge < -0.3 is 14.9 Å². The number of aromatic hydroxyl groups is 1. The molecule has 2 aromatic carbocycles. The fourth-order valence-corrected chi connectivity index (χ4v) is 1.62. The third-order valence-corrected chi connectivity index (χ3v) is 2.69. The number of benzene rings is 2. The molecule has 5 nitrogen and oxygen atoms in total. The van der Waals surface area contributed by atoms with E-state index < -0.39 is 5.97 Å². The first kappa shape index (κ1) is 13.6. The van der Waals surface area contributed by atoms with Crippen molar-refractivity contribution in [3.05, 3.63) is 53.6 Å². The van der Waals surface area contributed by atoms with Crippen LogP contribution in [-0.2, 0) is 0 Å². The van der Waals surface area contributed by atoms with Crippen molar-refractivity contribution >= 4 is 17.9 Å². The number of ether oxygens (including phenoxy) is 1. The molecule has 0 spiro atoms. The fourth-order valence-electron chi connectivity index (χ4n) is 1.62. The molecule has 102 valence electrons. The molecule has 20 heavy (non-hydrogen) atoms. The zero-order valence-electron chi connectivity index (χ0n) is 10.8. The van der Waals surface area contributed by atoms with Gasteiger partial charge in [0.15, 0.2) is 0 Å². The van der Waals surface area contributed by atoms with Gasteiger partial charge >= 0.3 is 5.97 Å². The van der Waals surface area contributed by atoms with E-state index in [-0.39, 0.29) is 11.3 Å². The van der Waals surface area contributed by atoms with Gasteiger partial charge in [0.2, 0.25) is 0 Å². The predicted octanol–water partition coefficient (Wildman–Crippen LogP) is 2.85. The Morgan fingerprint density at radius 3 is 2.45 bits per heavy atom. The van der Waals surface area contributed by atoms with E-state index in [9.17, 15) is 9.90 Å². The second kappa shape index (κ2) is 5.88. The van der Waals surface area contributed by atoms with Gasteiger partial charge in [0.05, 0.1) is 12.8 Å². The van der Waals surface area contributed by atoms with E-state index in [2.05, 4.69) is 4.99 Å². The van der Waals surface area contributed by atoms with Gasteiger partial charge in [0, 0.05) is 12.3 Å². The van der Waals surface area contributed by atoms with Crippen molar-refractivity contribution in [2.75, 3.05) is 7.11 Å². The van der Waals surface area contributed by atoms with E-state index in [4.69, 9.17) is 9.84 Å². The first-order valence-corrected chi connectivity index (χ1v) is 5.84. The van der Waals surface area contributed by atoms with Crippen molar-refractivity contribution in [3.63, 3.8) is 0 Å². The SMILES string of the molecule is COc1ccc(C=Nc2ccc(C(=O)O)c(O)c2)cc1. The summed E-state index contributed by atoms with van der Waals surface area (Å²) in [5.74, 6) is -0.722. The minimum absolute atomic E-state index is 0.145. The Morgan fingerprint density at radius 1 is 1.20 bits per heavy atom. The van der Waals surface area contributed by atoms with Crippen molar-refractivity contribution < 1.29 is 19.7 Å². The lowest BCUT2D eigenvalue weighted by molar-refractivity contribution is 0.0694. The first-order chi connectivity index (χ1) is 9.60. The third-order valence-electron chi connectivity index (χ3n) is 2.69. The molecular formula is C15H13NO4. The normalized spacial score (nSPS) is 10.7. The number of carboxylic acid groups (broad SMARTS) is 1. The molecule has 0 amide bonds. The second-order valence-electron chi connectivity index (χ2n) is 4.04. The number of methoxy groups -OCH3 is 1. The molecule has 0 unspecified atom stereocenters. The van der Waals surface area contributed by atoms with Crippen molar-refractivity contribution in [1.82, 2.24) is 0 Å². The first-order valence-electron chi connectivity index (χ1n) is 5.84.